The van der Waals surface area contributed by atoms with Gasteiger partial charge in [0.15, 0.2) is 0 Å². The molecule has 0 unspecified atom stereocenters. The molecule has 1 N–H and O–H groups in total. The van der Waals surface area contributed by atoms with Crippen molar-refractivity contribution in [1.29, 1.82) is 0 Å². The summed E-state index contributed by atoms with van der Waals surface area (Å²) in [6, 6.07) is 0. The van der Waals surface area contributed by atoms with Crippen LogP contribution in [0.25, 0.3) is 0 Å². The van der Waals surface area contributed by atoms with Gasteiger partial charge in [0.05, 0.1) is 5.69 Å². The van der Waals surface area contributed by atoms with E-state index in [9.17, 15) is 0 Å². The van der Waals surface area contributed by atoms with Gasteiger partial charge in [-0.3, -0.25) is 10.00 Å². The van der Waals surface area contributed by atoms with Crippen LogP contribution in [0.1, 0.15) is 11.3 Å². The maximum Gasteiger partial charge on any atom is 0.0807 e. The highest BCUT2D eigenvalue weighted by Crippen LogP contribution is 2.16. The maximum atomic E-state index is 4.08. The minimum absolute atomic E-state index is 0.999. The third-order valence-corrected chi connectivity index (χ3v) is 1.67. The lowest BCUT2D eigenvalue weighted by atomic mass is 10.3. The van der Waals surface area contributed by atoms with Crippen LogP contribution in [-0.4, -0.2) is 22.1 Å². The first-order valence-corrected chi connectivity index (χ1v) is 3.06. The van der Waals surface area contributed by atoms with E-state index in [1.807, 2.05) is 6.20 Å². The zero-order valence-electron chi connectivity index (χ0n) is 5.39. The van der Waals surface area contributed by atoms with Crippen LogP contribution in [0, 0.1) is 0 Å². The van der Waals surface area contributed by atoms with Crippen molar-refractivity contribution in [2.24, 2.45) is 0 Å². The Bertz CT molecular complexity index is 195. The van der Waals surface area contributed by atoms with Crippen LogP contribution in [0.4, 0.5) is 0 Å². The number of hydrogen-bond donors (Lipinski definition) is 1. The Morgan fingerprint density at radius 2 is 2.56 bits per heavy atom. The van der Waals surface area contributed by atoms with Gasteiger partial charge in [-0.2, -0.15) is 5.10 Å². The predicted octanol–water partition coefficient (Wildman–Crippen LogP) is 0.355. The Kier molecular flexibility index (Phi) is 0.873. The Labute approximate surface area is 53.7 Å². The molecule has 0 saturated heterocycles. The van der Waals surface area contributed by atoms with Gasteiger partial charge >= 0.3 is 0 Å². The molecule has 1 aliphatic rings. The van der Waals surface area contributed by atoms with Crippen LogP contribution in [0.15, 0.2) is 6.20 Å². The van der Waals surface area contributed by atoms with Crippen molar-refractivity contribution in [3.63, 3.8) is 0 Å². The monoisotopic (exact) mass is 123 g/mol. The lowest BCUT2D eigenvalue weighted by Gasteiger charge is -2.02. The highest BCUT2D eigenvalue weighted by atomic mass is 15.2. The molecule has 0 aliphatic carbocycles. The third-order valence-electron chi connectivity index (χ3n) is 1.67. The lowest BCUT2D eigenvalue weighted by molar-refractivity contribution is 0.348. The Morgan fingerprint density at radius 1 is 1.67 bits per heavy atom. The first-order chi connectivity index (χ1) is 4.36. The van der Waals surface area contributed by atoms with Crippen molar-refractivity contribution in [3.8, 4) is 0 Å². The molecule has 1 aromatic heterocycles. The van der Waals surface area contributed by atoms with Gasteiger partial charge in [-0.25, -0.2) is 0 Å². The van der Waals surface area contributed by atoms with Crippen molar-refractivity contribution in [2.45, 2.75) is 13.1 Å². The number of nitrogens with one attached hydrogen (secondary N) is 1. The molecule has 1 aliphatic heterocycles. The summed E-state index contributed by atoms with van der Waals surface area (Å²) in [5.41, 5.74) is 2.55. The zero-order chi connectivity index (χ0) is 6.27. The molecule has 2 rings (SSSR count). The number of fused-ring (bicyclic) bond motifs is 1. The molecule has 3 nitrogen and oxygen atoms in total. The molecular weight excluding hydrogens is 114 g/mol. The van der Waals surface area contributed by atoms with Crippen molar-refractivity contribution in [1.82, 2.24) is 15.1 Å². The Balaban J connectivity index is 2.39. The molecule has 0 atom stereocenters. The molecule has 48 valence electrons. The van der Waals surface area contributed by atoms with E-state index in [-0.39, 0.29) is 0 Å². The summed E-state index contributed by atoms with van der Waals surface area (Å²) in [6.45, 7) is 2.05. The van der Waals surface area contributed by atoms with E-state index < -0.39 is 0 Å². The summed E-state index contributed by atoms with van der Waals surface area (Å²) in [4.78, 5) is 2.24. The minimum Gasteiger partial charge on any atom is -0.296 e. The fourth-order valence-corrected chi connectivity index (χ4v) is 1.22. The lowest BCUT2D eigenvalue weighted by Crippen LogP contribution is -2.08. The second kappa shape index (κ2) is 1.57. The maximum absolute atomic E-state index is 4.08. The predicted molar refractivity (Wildman–Crippen MR) is 33.8 cm³/mol. The molecular formula is C6H9N3. The molecule has 0 saturated carbocycles. The van der Waals surface area contributed by atoms with Crippen molar-refractivity contribution in [2.75, 3.05) is 7.05 Å². The van der Waals surface area contributed by atoms with Crippen molar-refractivity contribution in [3.05, 3.63) is 17.5 Å². The van der Waals surface area contributed by atoms with Gasteiger partial charge in [-0.05, 0) is 7.05 Å². The number of aromatic nitrogens is 2. The number of rotatable bonds is 0. The summed E-state index contributed by atoms with van der Waals surface area (Å²) in [5, 5.41) is 6.92. The second-order valence-electron chi connectivity index (χ2n) is 2.53. The second-order valence-corrected chi connectivity index (χ2v) is 2.53. The normalized spacial score (nSPS) is 18.3. The van der Waals surface area contributed by atoms with Gasteiger partial charge in [0.25, 0.3) is 0 Å². The third kappa shape index (κ3) is 0.650. The molecule has 3 heteroatoms. The van der Waals surface area contributed by atoms with Crippen molar-refractivity contribution < 1.29 is 0 Å². The van der Waals surface area contributed by atoms with Crippen molar-refractivity contribution >= 4 is 0 Å². The van der Waals surface area contributed by atoms with E-state index in [0.717, 1.165) is 13.1 Å². The standard InChI is InChI=1S/C6H9N3/c1-9-3-5-2-7-8-6(5)4-9/h2H,3-4H2,1H3,(H,7,8). The molecule has 0 spiro atoms. The summed E-state index contributed by atoms with van der Waals surface area (Å²) in [5.74, 6) is 0. The van der Waals surface area contributed by atoms with Crippen LogP contribution < -0.4 is 0 Å². The Hall–Kier alpha value is -0.830. The number of hydrogen-bond acceptors (Lipinski definition) is 2. The van der Waals surface area contributed by atoms with E-state index >= 15 is 0 Å². The molecule has 0 amide bonds. The molecule has 1 aromatic rings. The topological polar surface area (TPSA) is 31.9 Å². The first-order valence-electron chi connectivity index (χ1n) is 3.06. The first kappa shape index (κ1) is 4.99. The van der Waals surface area contributed by atoms with E-state index in [1.54, 1.807) is 0 Å². The fourth-order valence-electron chi connectivity index (χ4n) is 1.22. The van der Waals surface area contributed by atoms with Gasteiger partial charge < -0.3 is 0 Å². The number of aromatic amines is 1. The largest absolute Gasteiger partial charge is 0.296 e. The SMILES string of the molecule is CN1Cc2c[nH]nc2C1. The number of nitrogens with zero attached hydrogens (tertiary/aromatic N) is 2. The molecule has 0 bridgehead atoms. The quantitative estimate of drug-likeness (QED) is 0.540. The molecule has 2 heterocycles. The molecule has 0 fully saturated rings. The zero-order valence-corrected chi connectivity index (χ0v) is 5.39. The van der Waals surface area contributed by atoms with Gasteiger partial charge in [0, 0.05) is 24.8 Å². The summed E-state index contributed by atoms with van der Waals surface area (Å²) in [7, 11) is 2.10. The average molecular weight is 123 g/mol. The van der Waals surface area contributed by atoms with Gasteiger partial charge in [0.1, 0.15) is 0 Å². The molecule has 0 aromatic carbocycles. The molecule has 9 heavy (non-hydrogen) atoms. The highest BCUT2D eigenvalue weighted by Gasteiger charge is 2.16. The summed E-state index contributed by atoms with van der Waals surface area (Å²) in [6.07, 6.45) is 1.97. The van der Waals surface area contributed by atoms with E-state index in [2.05, 4.69) is 22.1 Å². The summed E-state index contributed by atoms with van der Waals surface area (Å²) < 4.78 is 0. The highest BCUT2D eigenvalue weighted by molar-refractivity contribution is 5.19. The van der Waals surface area contributed by atoms with E-state index in [0.29, 0.717) is 0 Å². The van der Waals surface area contributed by atoms with E-state index in [1.165, 1.54) is 11.3 Å². The number of H-pyrrole nitrogens is 1. The average Bonchev–Trinajstić information content (AvgIpc) is 2.22. The minimum atomic E-state index is 0.999. The van der Waals surface area contributed by atoms with Crippen LogP contribution in [0.3, 0.4) is 0 Å². The van der Waals surface area contributed by atoms with Crippen LogP contribution >= 0.6 is 0 Å². The Morgan fingerprint density at radius 3 is 3.33 bits per heavy atom. The van der Waals surface area contributed by atoms with Gasteiger partial charge in [-0.1, -0.05) is 0 Å². The van der Waals surface area contributed by atoms with E-state index in [4.69, 9.17) is 0 Å². The van der Waals surface area contributed by atoms with Crippen LogP contribution in [-0.2, 0) is 13.1 Å². The van der Waals surface area contributed by atoms with Crippen LogP contribution in [0.5, 0.6) is 0 Å². The van der Waals surface area contributed by atoms with Gasteiger partial charge in [-0.15, -0.1) is 0 Å². The molecule has 0 radical (unpaired) electrons. The van der Waals surface area contributed by atoms with Gasteiger partial charge in [0.2, 0.25) is 0 Å². The smallest absolute Gasteiger partial charge is 0.0807 e. The fraction of sp³-hybridized carbons (Fsp3) is 0.500. The van der Waals surface area contributed by atoms with Crippen LogP contribution in [0.2, 0.25) is 0 Å². The summed E-state index contributed by atoms with van der Waals surface area (Å²) >= 11 is 0.